The standard InChI is InChI=1S/5FH.4Fe.4Mg.5O3Si.5H2O/c;;;;;;;;;;;;;5*1-4(2)3;;;;;/h5*1H;;;;;;;;;;;;;;5*1H2/q;;;;;4*+3;4*+2;5*-2;;;;;/p-10. The van der Waals surface area contributed by atoms with Crippen molar-refractivity contribution in [3.8, 4) is 0 Å². The Balaban J connectivity index is -0.00000000315. The first-order valence-corrected chi connectivity index (χ1v) is 9.19. The summed E-state index contributed by atoms with van der Waals surface area (Å²) >= 11 is 0. The molecule has 0 bridgehead atoms. The molecule has 0 fully saturated rings. The van der Waals surface area contributed by atoms with Crippen molar-refractivity contribution in [3.63, 3.8) is 0 Å². The Morgan fingerprint density at radius 1 is 0.263 bits per heavy atom. The molecule has 20 nitrogen and oxygen atoms in total. The summed E-state index contributed by atoms with van der Waals surface area (Å²) in [6, 6.07) is 0. The fourth-order valence-corrected chi connectivity index (χ4v) is 0. The molecule has 0 saturated heterocycles. The maximum absolute atomic E-state index is 8.52. The number of hydrogen-bond acceptors (Lipinski definition) is 20. The third-order valence-electron chi connectivity index (χ3n) is 0. The predicted molar refractivity (Wildman–Crippen MR) is 64.9 cm³/mol. The van der Waals surface area contributed by atoms with E-state index in [2.05, 4.69) is 0 Å². The molecule has 38 heteroatoms. The van der Waals surface area contributed by atoms with E-state index in [9.17, 15) is 0 Å². The maximum atomic E-state index is 8.52. The van der Waals surface area contributed by atoms with Gasteiger partial charge < -0.3 is 121 Å². The van der Waals surface area contributed by atoms with E-state index < -0.39 is 45.9 Å². The smallest absolute Gasteiger partial charge is 1.00 e. The topological polar surface area (TPSA) is 466 Å². The Morgan fingerprint density at radius 2 is 0.263 bits per heavy atom. The number of rotatable bonds is 0. The van der Waals surface area contributed by atoms with Crippen molar-refractivity contribution in [2.45, 2.75) is 0 Å². The summed E-state index contributed by atoms with van der Waals surface area (Å²) in [5.41, 5.74) is 0. The van der Waals surface area contributed by atoms with E-state index >= 15 is 0 Å². The molecule has 0 aliphatic carbocycles. The first-order chi connectivity index (χ1) is 8.66. The third-order valence-corrected chi connectivity index (χ3v) is 0. The van der Waals surface area contributed by atoms with Gasteiger partial charge in [0.15, 0.2) is 0 Å². The molecule has 0 aromatic heterocycles. The van der Waals surface area contributed by atoms with Crippen molar-refractivity contribution in [2.75, 3.05) is 0 Å². The monoisotopic (exact) mass is 879 g/mol. The van der Waals surface area contributed by atoms with Crippen LogP contribution in [0.3, 0.4) is 0 Å². The summed E-state index contributed by atoms with van der Waals surface area (Å²) in [4.78, 5) is 85.2. The molecule has 0 aliphatic rings. The second kappa shape index (κ2) is 190. The first-order valence-electron chi connectivity index (χ1n) is 3.06. The number of hydrogen-bond donors (Lipinski definition) is 0. The molecule has 220 valence electrons. The molecule has 0 rings (SSSR count). The van der Waals surface area contributed by atoms with Crippen LogP contribution in [0.25, 0.3) is 0 Å². The van der Waals surface area contributed by atoms with E-state index in [0.717, 1.165) is 0 Å². The van der Waals surface area contributed by atoms with Gasteiger partial charge in [-0.3, -0.25) is 0 Å². The molecule has 4 radical (unpaired) electrons. The quantitative estimate of drug-likeness (QED) is 0.161. The second-order valence-corrected chi connectivity index (χ2v) is 3.75. The molecular formula is H5F5Fe4Mg4O20Si5. The molecule has 0 amide bonds. The van der Waals surface area contributed by atoms with Crippen LogP contribution in [-0.4, -0.2) is 165 Å². The van der Waals surface area contributed by atoms with Crippen LogP contribution in [0.5, 0.6) is 0 Å². The van der Waals surface area contributed by atoms with E-state index in [4.69, 9.17) is 70.3 Å². The summed E-state index contributed by atoms with van der Waals surface area (Å²) in [6.07, 6.45) is 0. The molecule has 0 aromatic carbocycles. The van der Waals surface area contributed by atoms with Gasteiger partial charge in [-0.15, -0.1) is 0 Å². The van der Waals surface area contributed by atoms with Gasteiger partial charge in [0.25, 0.3) is 0 Å². The number of halogens is 5. The largest absolute Gasteiger partial charge is 3.00 e. The van der Waals surface area contributed by atoms with Gasteiger partial charge in [-0.05, 0) is 0 Å². The molecule has 0 spiro atoms. The molecule has 0 saturated carbocycles. The van der Waals surface area contributed by atoms with Crippen LogP contribution in [0.4, 0.5) is 0 Å². The Bertz CT molecular complexity index is 259. The van der Waals surface area contributed by atoms with Crippen LogP contribution >= 0.6 is 0 Å². The Morgan fingerprint density at radius 3 is 0.263 bits per heavy atom. The van der Waals surface area contributed by atoms with E-state index in [0.29, 0.717) is 0 Å². The van der Waals surface area contributed by atoms with Gasteiger partial charge >= 0.3 is 160 Å². The minimum Gasteiger partial charge on any atom is -1.00 e. The van der Waals surface area contributed by atoms with Gasteiger partial charge in [0.2, 0.25) is 0 Å². The minimum atomic E-state index is -3.63. The van der Waals surface area contributed by atoms with Gasteiger partial charge in [0.1, 0.15) is 0 Å². The summed E-state index contributed by atoms with van der Waals surface area (Å²) in [6.45, 7) is 0. The van der Waals surface area contributed by atoms with Gasteiger partial charge in [-0.2, -0.15) is 0 Å². The average Bonchev–Trinajstić information content (AvgIpc) is 1.94. The Labute approximate surface area is 323 Å². The zero-order chi connectivity index (χ0) is 17.9. The SMILES string of the molecule is O=[Si]([O-])[O-].O=[Si]([O-])[O-].O=[Si]([O-])[O-].O=[Si]([O-])[O-].O=[Si]([O-])[O-].[F-].[F-].[F-].[F-].[F-].[Fe+3].[Fe+3].[Fe+3].[Fe+3].[Mg+2].[Mg+2].[Mg+2].[Mg+2].[OH-].[OH-].[OH-].[OH-].[OH-]. The fourth-order valence-electron chi connectivity index (χ4n) is 0. The Hall–Kier alpha value is 2.68. The molecule has 38 heavy (non-hydrogen) atoms. The van der Waals surface area contributed by atoms with Crippen molar-refractivity contribution in [2.24, 2.45) is 0 Å². The van der Waals surface area contributed by atoms with Gasteiger partial charge in [-0.1, -0.05) is 0 Å². The van der Waals surface area contributed by atoms with Crippen LogP contribution in [0.15, 0.2) is 0 Å². The van der Waals surface area contributed by atoms with Gasteiger partial charge in [-0.25, -0.2) is 0 Å². The van der Waals surface area contributed by atoms with Crippen molar-refractivity contribution in [3.05, 3.63) is 0 Å². The van der Waals surface area contributed by atoms with Gasteiger partial charge in [0, 0.05) is 45.9 Å². The summed E-state index contributed by atoms with van der Waals surface area (Å²) < 4.78 is 42.6. The van der Waals surface area contributed by atoms with Crippen molar-refractivity contribution in [1.29, 1.82) is 0 Å². The normalized spacial score (nSPS) is 3.16. The molecule has 0 unspecified atom stereocenters. The summed E-state index contributed by atoms with van der Waals surface area (Å²) in [5.74, 6) is 0. The minimum absolute atomic E-state index is 0. The van der Waals surface area contributed by atoms with Crippen molar-refractivity contribution >= 4 is 138 Å². The van der Waals surface area contributed by atoms with E-state index in [-0.39, 0.29) is 211 Å². The van der Waals surface area contributed by atoms with E-state index in [1.807, 2.05) is 0 Å². The molecule has 5 N–H and O–H groups in total. The summed E-state index contributed by atoms with van der Waals surface area (Å²) in [7, 11) is -18.1. The predicted octanol–water partition coefficient (Wildman–Crippen LogP) is -31.8. The van der Waals surface area contributed by atoms with Crippen LogP contribution < -0.4 is 71.5 Å². The molecule has 0 heterocycles. The second-order valence-electron chi connectivity index (χ2n) is 1.25. The molecular weight excluding hydrogens is 876 g/mol. The molecule has 0 atom stereocenters. The first kappa shape index (κ1) is 205. The average molecular weight is 881 g/mol. The van der Waals surface area contributed by atoms with Crippen LogP contribution in [0.1, 0.15) is 0 Å². The Kier molecular flexibility index (Phi) is 1020. The summed E-state index contributed by atoms with van der Waals surface area (Å²) in [5, 5.41) is 0. The van der Waals surface area contributed by atoms with Crippen LogP contribution in [0, 0.1) is 0 Å². The fraction of sp³-hybridized carbons (Fsp3) is 0. The van der Waals surface area contributed by atoms with E-state index in [1.54, 1.807) is 0 Å². The van der Waals surface area contributed by atoms with Crippen LogP contribution in [0.2, 0.25) is 0 Å². The maximum Gasteiger partial charge on any atom is 3.00 e. The zero-order valence-electron chi connectivity index (χ0n) is 17.0. The van der Waals surface area contributed by atoms with E-state index in [1.165, 1.54) is 0 Å². The molecule has 0 aromatic rings. The van der Waals surface area contributed by atoms with Gasteiger partial charge in [0.05, 0.1) is 0 Å². The van der Waals surface area contributed by atoms with Crippen LogP contribution in [-0.2, 0) is 90.6 Å². The molecule has 0 aliphatic heterocycles. The van der Waals surface area contributed by atoms with Crippen molar-refractivity contribution in [1.82, 2.24) is 0 Å². The third kappa shape index (κ3) is 7660. The zero-order valence-corrected chi connectivity index (χ0v) is 32.1. The van der Waals surface area contributed by atoms with Crippen molar-refractivity contribution < 1.29 is 189 Å².